The zero-order valence-electron chi connectivity index (χ0n) is 12.6. The SMILES string of the molecule is O=C(C1CCCCCC1)C1CCOC2(CCSCC2)C1. The molecule has 0 radical (unpaired) electrons. The number of ketones is 1. The van der Waals surface area contributed by atoms with Gasteiger partial charge in [0, 0.05) is 18.4 Å². The molecule has 1 aliphatic carbocycles. The minimum absolute atomic E-state index is 0.0640. The number of hydrogen-bond donors (Lipinski definition) is 0. The van der Waals surface area contributed by atoms with Gasteiger partial charge in [0.15, 0.2) is 0 Å². The van der Waals surface area contributed by atoms with Gasteiger partial charge in [0.1, 0.15) is 5.78 Å². The van der Waals surface area contributed by atoms with E-state index in [9.17, 15) is 4.79 Å². The maximum atomic E-state index is 12.9. The first-order valence-electron chi connectivity index (χ1n) is 8.55. The molecule has 0 aromatic rings. The van der Waals surface area contributed by atoms with Gasteiger partial charge in [-0.15, -0.1) is 0 Å². The summed E-state index contributed by atoms with van der Waals surface area (Å²) in [4.78, 5) is 12.9. The lowest BCUT2D eigenvalue weighted by Gasteiger charge is -2.43. The van der Waals surface area contributed by atoms with Gasteiger partial charge in [-0.25, -0.2) is 0 Å². The van der Waals surface area contributed by atoms with Crippen molar-refractivity contribution in [3.05, 3.63) is 0 Å². The lowest BCUT2D eigenvalue weighted by atomic mass is 9.76. The van der Waals surface area contributed by atoms with Gasteiger partial charge in [0.05, 0.1) is 5.60 Å². The minimum atomic E-state index is 0.0640. The summed E-state index contributed by atoms with van der Waals surface area (Å²) in [6.07, 6.45) is 11.8. The van der Waals surface area contributed by atoms with E-state index in [0.29, 0.717) is 17.6 Å². The van der Waals surface area contributed by atoms with Crippen molar-refractivity contribution < 1.29 is 9.53 Å². The molecule has 114 valence electrons. The highest BCUT2D eigenvalue weighted by molar-refractivity contribution is 7.99. The summed E-state index contributed by atoms with van der Waals surface area (Å²) in [5.41, 5.74) is 0.0640. The van der Waals surface area contributed by atoms with Gasteiger partial charge in [-0.05, 0) is 50.0 Å². The van der Waals surface area contributed by atoms with Crippen molar-refractivity contribution in [2.24, 2.45) is 11.8 Å². The fourth-order valence-electron chi connectivity index (χ4n) is 4.26. The molecule has 0 amide bonds. The van der Waals surface area contributed by atoms with Crippen LogP contribution >= 0.6 is 11.8 Å². The van der Waals surface area contributed by atoms with Crippen molar-refractivity contribution in [2.75, 3.05) is 18.1 Å². The molecule has 3 heteroatoms. The Morgan fingerprint density at radius 2 is 1.65 bits per heavy atom. The molecule has 1 saturated carbocycles. The number of carbonyl (C=O) groups excluding carboxylic acids is 1. The molecule has 0 N–H and O–H groups in total. The van der Waals surface area contributed by atoms with Crippen LogP contribution in [0.15, 0.2) is 0 Å². The smallest absolute Gasteiger partial charge is 0.139 e. The van der Waals surface area contributed by atoms with Crippen LogP contribution in [0.4, 0.5) is 0 Å². The summed E-state index contributed by atoms with van der Waals surface area (Å²) in [5.74, 6) is 3.69. The third-order valence-electron chi connectivity index (χ3n) is 5.56. The molecule has 20 heavy (non-hydrogen) atoms. The van der Waals surface area contributed by atoms with Crippen LogP contribution in [-0.4, -0.2) is 29.5 Å². The monoisotopic (exact) mass is 296 g/mol. The van der Waals surface area contributed by atoms with E-state index in [2.05, 4.69) is 0 Å². The third-order valence-corrected chi connectivity index (χ3v) is 6.54. The van der Waals surface area contributed by atoms with Crippen LogP contribution in [0.25, 0.3) is 0 Å². The van der Waals surface area contributed by atoms with Gasteiger partial charge < -0.3 is 4.74 Å². The normalized spacial score (nSPS) is 31.9. The molecule has 2 nitrogen and oxygen atoms in total. The molecule has 1 atom stereocenters. The van der Waals surface area contributed by atoms with Crippen molar-refractivity contribution in [1.29, 1.82) is 0 Å². The van der Waals surface area contributed by atoms with Crippen LogP contribution in [0.5, 0.6) is 0 Å². The maximum absolute atomic E-state index is 12.9. The Hall–Kier alpha value is -0.0200. The highest BCUT2D eigenvalue weighted by Crippen LogP contribution is 2.41. The fraction of sp³-hybridized carbons (Fsp3) is 0.941. The van der Waals surface area contributed by atoms with E-state index in [1.165, 1.54) is 37.2 Å². The van der Waals surface area contributed by atoms with E-state index < -0.39 is 0 Å². The second-order valence-electron chi connectivity index (χ2n) is 6.92. The maximum Gasteiger partial charge on any atom is 0.139 e. The van der Waals surface area contributed by atoms with Crippen molar-refractivity contribution >= 4 is 17.5 Å². The molecule has 0 aromatic heterocycles. The summed E-state index contributed by atoms with van der Waals surface area (Å²) in [5, 5.41) is 0. The topological polar surface area (TPSA) is 26.3 Å². The molecule has 0 bridgehead atoms. The summed E-state index contributed by atoms with van der Waals surface area (Å²) >= 11 is 2.04. The van der Waals surface area contributed by atoms with Crippen molar-refractivity contribution in [3.8, 4) is 0 Å². The number of hydrogen-bond acceptors (Lipinski definition) is 3. The first-order chi connectivity index (χ1) is 9.79. The first-order valence-corrected chi connectivity index (χ1v) is 9.70. The largest absolute Gasteiger partial charge is 0.375 e. The third kappa shape index (κ3) is 3.41. The Labute approximate surface area is 127 Å². The first kappa shape index (κ1) is 14.9. The molecule has 1 spiro atoms. The Kier molecular flexibility index (Phi) is 5.09. The van der Waals surface area contributed by atoms with E-state index >= 15 is 0 Å². The van der Waals surface area contributed by atoms with Gasteiger partial charge in [-0.1, -0.05) is 25.7 Å². The van der Waals surface area contributed by atoms with Crippen molar-refractivity contribution in [2.45, 2.75) is 69.8 Å². The van der Waals surface area contributed by atoms with Crippen LogP contribution in [0.2, 0.25) is 0 Å². The summed E-state index contributed by atoms with van der Waals surface area (Å²) < 4.78 is 6.13. The van der Waals surface area contributed by atoms with Crippen molar-refractivity contribution in [1.82, 2.24) is 0 Å². The van der Waals surface area contributed by atoms with Crippen molar-refractivity contribution in [3.63, 3.8) is 0 Å². The average Bonchev–Trinajstić information content (AvgIpc) is 2.76. The van der Waals surface area contributed by atoms with Gasteiger partial charge in [-0.2, -0.15) is 11.8 Å². The van der Waals surface area contributed by atoms with Crippen LogP contribution in [0.3, 0.4) is 0 Å². The van der Waals surface area contributed by atoms with E-state index in [-0.39, 0.29) is 5.60 Å². The minimum Gasteiger partial charge on any atom is -0.375 e. The zero-order chi connectivity index (χ0) is 13.8. The van der Waals surface area contributed by atoms with E-state index in [1.54, 1.807) is 0 Å². The molecule has 1 unspecified atom stereocenters. The van der Waals surface area contributed by atoms with Crippen LogP contribution < -0.4 is 0 Å². The number of carbonyl (C=O) groups is 1. The van der Waals surface area contributed by atoms with E-state index in [4.69, 9.17) is 4.74 Å². The fourth-order valence-corrected chi connectivity index (χ4v) is 5.50. The predicted octanol–water partition coefficient (Wildman–Crippen LogP) is 4.22. The number of thioether (sulfide) groups is 1. The quantitative estimate of drug-likeness (QED) is 0.714. The Morgan fingerprint density at radius 1 is 0.950 bits per heavy atom. The van der Waals surface area contributed by atoms with Gasteiger partial charge in [-0.3, -0.25) is 4.79 Å². The summed E-state index contributed by atoms with van der Waals surface area (Å²) in [6, 6.07) is 0. The molecule has 0 aromatic carbocycles. The Morgan fingerprint density at radius 3 is 2.35 bits per heavy atom. The molecule has 2 saturated heterocycles. The lowest BCUT2D eigenvalue weighted by Crippen LogP contribution is -2.45. The molecule has 2 heterocycles. The second kappa shape index (κ2) is 6.83. The number of rotatable bonds is 2. The van der Waals surface area contributed by atoms with Gasteiger partial charge in [0.2, 0.25) is 0 Å². The second-order valence-corrected chi connectivity index (χ2v) is 8.15. The van der Waals surface area contributed by atoms with E-state index in [0.717, 1.165) is 45.1 Å². The summed E-state index contributed by atoms with van der Waals surface area (Å²) in [6.45, 7) is 0.813. The summed E-state index contributed by atoms with van der Waals surface area (Å²) in [7, 11) is 0. The molecule has 3 aliphatic rings. The van der Waals surface area contributed by atoms with Crippen LogP contribution in [-0.2, 0) is 9.53 Å². The highest BCUT2D eigenvalue weighted by Gasteiger charge is 2.42. The molecule has 3 rings (SSSR count). The molecular weight excluding hydrogens is 268 g/mol. The zero-order valence-corrected chi connectivity index (χ0v) is 13.4. The number of ether oxygens (including phenoxy) is 1. The van der Waals surface area contributed by atoms with Gasteiger partial charge >= 0.3 is 0 Å². The van der Waals surface area contributed by atoms with Gasteiger partial charge in [0.25, 0.3) is 0 Å². The van der Waals surface area contributed by atoms with E-state index in [1.807, 2.05) is 11.8 Å². The Balaban J connectivity index is 1.62. The molecule has 2 aliphatic heterocycles. The lowest BCUT2D eigenvalue weighted by molar-refractivity contribution is -0.142. The molecular formula is C17H28O2S. The molecule has 3 fully saturated rings. The number of Topliss-reactive ketones (excluding diaryl/α,β-unsaturated/α-hetero) is 1. The predicted molar refractivity (Wildman–Crippen MR) is 84.2 cm³/mol. The van der Waals surface area contributed by atoms with Crippen LogP contribution in [0, 0.1) is 11.8 Å². The standard InChI is InChI=1S/C17H28O2S/c18-16(14-5-3-1-2-4-6-14)15-7-10-19-17(13-15)8-11-20-12-9-17/h14-15H,1-13H2. The highest BCUT2D eigenvalue weighted by atomic mass is 32.2. The van der Waals surface area contributed by atoms with Crippen LogP contribution in [0.1, 0.15) is 64.2 Å². The Bertz CT molecular complexity index is 322. The average molecular weight is 296 g/mol.